The van der Waals surface area contributed by atoms with Gasteiger partial charge in [0.05, 0.1) is 19.8 Å². The summed E-state index contributed by atoms with van der Waals surface area (Å²) in [6.07, 6.45) is 0. The summed E-state index contributed by atoms with van der Waals surface area (Å²) >= 11 is 5.17. The van der Waals surface area contributed by atoms with Gasteiger partial charge in [-0.3, -0.25) is 4.79 Å². The highest BCUT2D eigenvalue weighted by Gasteiger charge is 2.22. The molecule has 2 N–H and O–H groups in total. The van der Waals surface area contributed by atoms with Crippen molar-refractivity contribution >= 4 is 23.2 Å². The van der Waals surface area contributed by atoms with Crippen LogP contribution in [0.25, 0.3) is 0 Å². The summed E-state index contributed by atoms with van der Waals surface area (Å²) in [4.78, 5) is 13.9. The Kier molecular flexibility index (Phi) is 7.04. The molecule has 0 aromatic carbocycles. The number of methoxy groups -OCH3 is 1. The molecule has 1 aliphatic rings. The molecule has 1 heterocycles. The fourth-order valence-electron chi connectivity index (χ4n) is 1.87. The van der Waals surface area contributed by atoms with Gasteiger partial charge in [-0.2, -0.15) is 0 Å². The minimum absolute atomic E-state index is 0.0480. The zero-order valence-corrected chi connectivity index (χ0v) is 12.6. The summed E-state index contributed by atoms with van der Waals surface area (Å²) in [5.74, 6) is 0.0480. The highest BCUT2D eigenvalue weighted by atomic mass is 32.1. The van der Waals surface area contributed by atoms with Gasteiger partial charge < -0.3 is 25.0 Å². The number of rotatable bonds is 5. The number of hydrogen-bond acceptors (Lipinski definition) is 4. The van der Waals surface area contributed by atoms with Gasteiger partial charge in [0.2, 0.25) is 5.91 Å². The summed E-state index contributed by atoms with van der Waals surface area (Å²) in [5, 5.41) is 6.54. The van der Waals surface area contributed by atoms with Crippen molar-refractivity contribution in [3.05, 3.63) is 0 Å². The molecule has 2 unspecified atom stereocenters. The highest BCUT2D eigenvalue weighted by molar-refractivity contribution is 7.80. The largest absolute Gasteiger partial charge is 0.383 e. The van der Waals surface area contributed by atoms with Crippen molar-refractivity contribution in [2.75, 3.05) is 40.0 Å². The van der Waals surface area contributed by atoms with Crippen LogP contribution in [0, 0.1) is 0 Å². The number of nitrogens with one attached hydrogen (secondary N) is 2. The summed E-state index contributed by atoms with van der Waals surface area (Å²) in [6.45, 7) is 6.83. The summed E-state index contributed by atoms with van der Waals surface area (Å²) < 4.78 is 10.2. The van der Waals surface area contributed by atoms with E-state index in [2.05, 4.69) is 10.6 Å². The van der Waals surface area contributed by atoms with Crippen molar-refractivity contribution in [2.24, 2.45) is 0 Å². The summed E-state index contributed by atoms with van der Waals surface area (Å²) in [7, 11) is 1.64. The van der Waals surface area contributed by atoms with Crippen LogP contribution in [0.1, 0.15) is 13.8 Å². The number of thiocarbonyl (C=S) groups is 1. The van der Waals surface area contributed by atoms with Gasteiger partial charge in [-0.15, -0.1) is 0 Å². The van der Waals surface area contributed by atoms with Gasteiger partial charge in [-0.05, 0) is 26.1 Å². The Morgan fingerprint density at radius 1 is 1.37 bits per heavy atom. The second-order valence-corrected chi connectivity index (χ2v) is 5.04. The third kappa shape index (κ3) is 5.71. The van der Waals surface area contributed by atoms with E-state index in [9.17, 15) is 4.79 Å². The second kappa shape index (κ2) is 8.29. The molecular formula is C12H23N3O3S. The molecule has 1 amide bonds. The number of nitrogens with zero attached hydrogens (tertiary/aromatic N) is 1. The third-order valence-corrected chi connectivity index (χ3v) is 3.07. The molecule has 1 saturated heterocycles. The van der Waals surface area contributed by atoms with E-state index in [4.69, 9.17) is 21.7 Å². The minimum Gasteiger partial charge on any atom is -0.383 e. The van der Waals surface area contributed by atoms with E-state index < -0.39 is 0 Å². The molecule has 0 aromatic rings. The van der Waals surface area contributed by atoms with E-state index in [1.54, 1.807) is 12.0 Å². The Hall–Kier alpha value is -0.920. The Morgan fingerprint density at radius 2 is 2.00 bits per heavy atom. The molecule has 0 saturated carbocycles. The first kappa shape index (κ1) is 16.1. The number of carbonyl (C=O) groups is 1. The van der Waals surface area contributed by atoms with Crippen molar-refractivity contribution < 1.29 is 14.3 Å². The standard InChI is InChI=1S/C12H23N3O3S/c1-9(8-17-3)13-12(19)14-10(2)11(16)15-4-6-18-7-5-15/h9-10H,4-8H2,1-3H3,(H2,13,14,19). The first-order valence-corrected chi connectivity index (χ1v) is 6.88. The molecule has 0 aliphatic carbocycles. The van der Waals surface area contributed by atoms with Crippen molar-refractivity contribution in [1.82, 2.24) is 15.5 Å². The van der Waals surface area contributed by atoms with Gasteiger partial charge in [0, 0.05) is 26.2 Å². The van der Waals surface area contributed by atoms with Crippen LogP contribution in [0.15, 0.2) is 0 Å². The second-order valence-electron chi connectivity index (χ2n) is 4.63. The lowest BCUT2D eigenvalue weighted by Gasteiger charge is -2.30. The number of hydrogen-bond donors (Lipinski definition) is 2. The fraction of sp³-hybridized carbons (Fsp3) is 0.833. The summed E-state index contributed by atoms with van der Waals surface area (Å²) in [6, 6.07) is -0.233. The van der Waals surface area contributed by atoms with Crippen molar-refractivity contribution in [3.8, 4) is 0 Å². The molecular weight excluding hydrogens is 266 g/mol. The van der Waals surface area contributed by atoms with Gasteiger partial charge in [-0.1, -0.05) is 0 Å². The number of ether oxygens (including phenoxy) is 2. The van der Waals surface area contributed by atoms with E-state index in [-0.39, 0.29) is 18.0 Å². The predicted molar refractivity (Wildman–Crippen MR) is 77.1 cm³/mol. The average molecular weight is 289 g/mol. The highest BCUT2D eigenvalue weighted by Crippen LogP contribution is 2.00. The van der Waals surface area contributed by atoms with Crippen molar-refractivity contribution in [3.63, 3.8) is 0 Å². The van der Waals surface area contributed by atoms with E-state index >= 15 is 0 Å². The summed E-state index contributed by atoms with van der Waals surface area (Å²) in [5.41, 5.74) is 0. The SMILES string of the molecule is COCC(C)NC(=S)NC(C)C(=O)N1CCOCC1. The molecule has 2 atom stereocenters. The average Bonchev–Trinajstić information content (AvgIpc) is 2.38. The third-order valence-electron chi connectivity index (χ3n) is 2.83. The molecule has 6 nitrogen and oxygen atoms in total. The fourth-order valence-corrected chi connectivity index (χ4v) is 2.25. The Balaban J connectivity index is 2.34. The molecule has 19 heavy (non-hydrogen) atoms. The number of amides is 1. The monoisotopic (exact) mass is 289 g/mol. The lowest BCUT2D eigenvalue weighted by molar-refractivity contribution is -0.136. The molecule has 1 aliphatic heterocycles. The smallest absolute Gasteiger partial charge is 0.244 e. The quantitative estimate of drug-likeness (QED) is 0.680. The van der Waals surface area contributed by atoms with Gasteiger partial charge in [0.1, 0.15) is 6.04 Å². The Morgan fingerprint density at radius 3 is 2.58 bits per heavy atom. The van der Waals surface area contributed by atoms with Crippen LogP contribution in [0.2, 0.25) is 0 Å². The molecule has 110 valence electrons. The molecule has 1 rings (SSSR count). The first-order valence-electron chi connectivity index (χ1n) is 6.47. The van der Waals surface area contributed by atoms with Crippen molar-refractivity contribution in [1.29, 1.82) is 0 Å². The van der Waals surface area contributed by atoms with Crippen LogP contribution >= 0.6 is 12.2 Å². The van der Waals surface area contributed by atoms with Crippen LogP contribution in [-0.4, -0.2) is 68.0 Å². The van der Waals surface area contributed by atoms with Crippen molar-refractivity contribution in [2.45, 2.75) is 25.9 Å². The van der Waals surface area contributed by atoms with E-state index in [0.29, 0.717) is 38.0 Å². The molecule has 0 bridgehead atoms. The Labute approximate surface area is 119 Å². The van der Waals surface area contributed by atoms with Gasteiger partial charge in [-0.25, -0.2) is 0 Å². The molecule has 0 aromatic heterocycles. The van der Waals surface area contributed by atoms with Gasteiger partial charge in [0.25, 0.3) is 0 Å². The molecule has 1 fully saturated rings. The molecule has 7 heteroatoms. The van der Waals surface area contributed by atoms with Crippen LogP contribution in [0.3, 0.4) is 0 Å². The van der Waals surface area contributed by atoms with Crippen LogP contribution in [0.5, 0.6) is 0 Å². The number of morpholine rings is 1. The zero-order chi connectivity index (χ0) is 14.3. The number of carbonyl (C=O) groups excluding carboxylic acids is 1. The van der Waals surface area contributed by atoms with E-state index in [0.717, 1.165) is 0 Å². The van der Waals surface area contributed by atoms with E-state index in [1.165, 1.54) is 0 Å². The first-order chi connectivity index (χ1) is 9.04. The maximum Gasteiger partial charge on any atom is 0.244 e. The predicted octanol–water partition coefficient (Wildman–Crippen LogP) is -0.267. The maximum absolute atomic E-state index is 12.1. The van der Waals surface area contributed by atoms with E-state index in [1.807, 2.05) is 13.8 Å². The topological polar surface area (TPSA) is 62.8 Å². The van der Waals surface area contributed by atoms with Gasteiger partial charge in [0.15, 0.2) is 5.11 Å². The zero-order valence-electron chi connectivity index (χ0n) is 11.8. The Bertz CT molecular complexity index is 309. The lowest BCUT2D eigenvalue weighted by atomic mass is 10.2. The van der Waals surface area contributed by atoms with Crippen LogP contribution in [-0.2, 0) is 14.3 Å². The van der Waals surface area contributed by atoms with Crippen LogP contribution < -0.4 is 10.6 Å². The maximum atomic E-state index is 12.1. The van der Waals surface area contributed by atoms with Gasteiger partial charge >= 0.3 is 0 Å². The van der Waals surface area contributed by atoms with Crippen LogP contribution in [0.4, 0.5) is 0 Å². The lowest BCUT2D eigenvalue weighted by Crippen LogP contribution is -2.53. The molecule has 0 radical (unpaired) electrons. The molecule has 0 spiro atoms. The minimum atomic E-state index is -0.340. The normalized spacial score (nSPS) is 18.6.